The molecule has 4 rings (SSSR count). The van der Waals surface area contributed by atoms with Crippen LogP contribution in [0.4, 0.5) is 16.4 Å². The maximum Gasteiger partial charge on any atom is 0.415 e. The molecule has 34 heavy (non-hydrogen) atoms. The normalized spacial score (nSPS) is 23.3. The fourth-order valence-electron chi connectivity index (χ4n) is 4.60. The molecule has 2 aliphatic heterocycles. The van der Waals surface area contributed by atoms with Crippen LogP contribution in [0.25, 0.3) is 0 Å². The molecule has 1 aliphatic carbocycles. The van der Waals surface area contributed by atoms with E-state index in [0.717, 1.165) is 25.9 Å². The van der Waals surface area contributed by atoms with Gasteiger partial charge in [-0.1, -0.05) is 5.57 Å². The van der Waals surface area contributed by atoms with Crippen LogP contribution in [0, 0.1) is 5.92 Å². The second-order valence-corrected chi connectivity index (χ2v) is 9.54. The summed E-state index contributed by atoms with van der Waals surface area (Å²) in [5, 5.41) is 6.17. The van der Waals surface area contributed by atoms with Crippen LogP contribution in [0.2, 0.25) is 0 Å². The van der Waals surface area contributed by atoms with E-state index >= 15 is 0 Å². The molecule has 0 aromatic carbocycles. The molecule has 2 unspecified atom stereocenters. The lowest BCUT2D eigenvalue weighted by Crippen LogP contribution is -2.30. The fraction of sp³-hybridized carbons (Fsp3) is 0.583. The molecule has 0 bridgehead atoms. The van der Waals surface area contributed by atoms with Gasteiger partial charge >= 0.3 is 6.09 Å². The van der Waals surface area contributed by atoms with E-state index in [4.69, 9.17) is 9.47 Å². The zero-order chi connectivity index (χ0) is 24.4. The van der Waals surface area contributed by atoms with E-state index in [1.165, 1.54) is 33.5 Å². The van der Waals surface area contributed by atoms with Crippen molar-refractivity contribution in [2.75, 3.05) is 50.6 Å². The molecule has 2 fully saturated rings. The van der Waals surface area contributed by atoms with Gasteiger partial charge < -0.3 is 25.0 Å². The number of amides is 2. The van der Waals surface area contributed by atoms with Gasteiger partial charge in [-0.15, -0.1) is 0 Å². The number of fused-ring (bicyclic) bond motifs is 1. The monoisotopic (exact) mass is 470 g/mol. The number of carbonyl (C=O) groups is 2. The van der Waals surface area contributed by atoms with Crippen LogP contribution in [0.1, 0.15) is 40.0 Å². The Morgan fingerprint density at radius 2 is 2.00 bits per heavy atom. The van der Waals surface area contributed by atoms with Gasteiger partial charge in [-0.3, -0.25) is 9.69 Å². The number of anilines is 2. The summed E-state index contributed by atoms with van der Waals surface area (Å²) < 4.78 is 10.8. The topological polar surface area (TPSA) is 109 Å². The predicted molar refractivity (Wildman–Crippen MR) is 129 cm³/mol. The van der Waals surface area contributed by atoms with E-state index in [2.05, 4.69) is 60.4 Å². The first-order chi connectivity index (χ1) is 16.2. The van der Waals surface area contributed by atoms with E-state index in [1.54, 1.807) is 0 Å². The Labute approximate surface area is 200 Å². The van der Waals surface area contributed by atoms with Crippen LogP contribution >= 0.6 is 0 Å². The van der Waals surface area contributed by atoms with Gasteiger partial charge in [0.1, 0.15) is 6.10 Å². The zero-order valence-corrected chi connectivity index (χ0v) is 20.6. The summed E-state index contributed by atoms with van der Waals surface area (Å²) in [6, 6.07) is 0. The van der Waals surface area contributed by atoms with Crippen molar-refractivity contribution >= 4 is 23.6 Å². The van der Waals surface area contributed by atoms with Crippen LogP contribution in [0.3, 0.4) is 0 Å². The number of nitrogens with zero attached hydrogens (tertiary/aromatic N) is 4. The Hall–Kier alpha value is -3.14. The van der Waals surface area contributed by atoms with Crippen molar-refractivity contribution in [3.8, 4) is 5.88 Å². The minimum absolute atomic E-state index is 0.0920. The molecule has 10 nitrogen and oxygen atoms in total. The number of ether oxygens (including phenoxy) is 2. The van der Waals surface area contributed by atoms with E-state index in [-0.39, 0.29) is 30.3 Å². The molecule has 2 atom stereocenters. The summed E-state index contributed by atoms with van der Waals surface area (Å²) in [4.78, 5) is 36.0. The lowest BCUT2D eigenvalue weighted by Gasteiger charge is -2.18. The highest BCUT2D eigenvalue weighted by atomic mass is 16.6. The maximum absolute atomic E-state index is 12.4. The Morgan fingerprint density at radius 3 is 2.74 bits per heavy atom. The number of carbonyl (C=O) groups excluding carboxylic acids is 2. The average Bonchev–Trinajstić information content (AvgIpc) is 3.39. The number of rotatable bonds is 7. The van der Waals surface area contributed by atoms with Crippen molar-refractivity contribution in [3.05, 3.63) is 28.6 Å². The molecule has 0 spiro atoms. The third-order valence-corrected chi connectivity index (χ3v) is 6.61. The van der Waals surface area contributed by atoms with Crippen molar-refractivity contribution in [2.24, 2.45) is 5.92 Å². The lowest BCUT2D eigenvalue weighted by molar-refractivity contribution is -0.118. The summed E-state index contributed by atoms with van der Waals surface area (Å²) >= 11 is 0. The predicted octanol–water partition coefficient (Wildman–Crippen LogP) is 2.69. The number of cyclic esters (lactones) is 1. The van der Waals surface area contributed by atoms with Crippen LogP contribution in [0.5, 0.6) is 5.88 Å². The molecule has 184 valence electrons. The van der Waals surface area contributed by atoms with Crippen LogP contribution < -0.4 is 20.3 Å². The van der Waals surface area contributed by atoms with Crippen molar-refractivity contribution in [3.63, 3.8) is 0 Å². The number of allylic oxidation sites excluding steroid dienone is 4. The van der Waals surface area contributed by atoms with Gasteiger partial charge in [0.05, 0.1) is 12.7 Å². The first-order valence-electron chi connectivity index (χ1n) is 11.7. The number of hydrogen-bond donors (Lipinski definition) is 2. The summed E-state index contributed by atoms with van der Waals surface area (Å²) in [6.07, 6.45) is 3.66. The van der Waals surface area contributed by atoms with Gasteiger partial charge in [0.25, 0.3) is 11.8 Å². The molecule has 1 aromatic rings. The Kier molecular flexibility index (Phi) is 7.06. The summed E-state index contributed by atoms with van der Waals surface area (Å²) in [6.45, 7) is 8.58. The molecule has 3 heterocycles. The van der Waals surface area contributed by atoms with Crippen molar-refractivity contribution in [1.29, 1.82) is 0 Å². The van der Waals surface area contributed by atoms with Gasteiger partial charge in [0.15, 0.2) is 18.2 Å². The van der Waals surface area contributed by atoms with E-state index in [0.29, 0.717) is 24.7 Å². The maximum atomic E-state index is 12.4. The molecule has 1 saturated heterocycles. The Bertz CT molecular complexity index is 1030. The van der Waals surface area contributed by atoms with Crippen LogP contribution in [0.15, 0.2) is 28.6 Å². The lowest BCUT2D eigenvalue weighted by atomic mass is 10.0. The fourth-order valence-corrected chi connectivity index (χ4v) is 4.60. The highest BCUT2D eigenvalue weighted by molar-refractivity contribution is 5.94. The van der Waals surface area contributed by atoms with E-state index in [1.807, 2.05) is 0 Å². The first-order valence-corrected chi connectivity index (χ1v) is 11.7. The second-order valence-electron chi connectivity index (χ2n) is 9.54. The average molecular weight is 471 g/mol. The molecular weight excluding hydrogens is 436 g/mol. The summed E-state index contributed by atoms with van der Waals surface area (Å²) in [5.74, 6) is 1.07. The Balaban J connectivity index is 1.27. The quantitative estimate of drug-likeness (QED) is 0.586. The highest BCUT2D eigenvalue weighted by Crippen LogP contribution is 2.39. The van der Waals surface area contributed by atoms with E-state index < -0.39 is 6.09 Å². The van der Waals surface area contributed by atoms with Gasteiger partial charge in [0.2, 0.25) is 0 Å². The molecule has 2 amide bonds. The van der Waals surface area contributed by atoms with Crippen LogP contribution in [-0.2, 0) is 9.53 Å². The first kappa shape index (κ1) is 24.0. The third-order valence-electron chi connectivity index (χ3n) is 6.61. The number of hydrogen-bond acceptors (Lipinski definition) is 8. The molecule has 1 saturated carbocycles. The van der Waals surface area contributed by atoms with Gasteiger partial charge in [-0.05, 0) is 70.2 Å². The molecule has 10 heteroatoms. The SMILES string of the molecule is CC(C)=C1CC(CNCCC2CN(c3cnc4c(n3)NC(=O)CO4)C(=O)O2)C/C1=C(\C)N(C)C. The second kappa shape index (κ2) is 10.0. The van der Waals surface area contributed by atoms with Gasteiger partial charge in [-0.25, -0.2) is 14.8 Å². The summed E-state index contributed by atoms with van der Waals surface area (Å²) in [5.41, 5.74) is 5.71. The highest BCUT2D eigenvalue weighted by Gasteiger charge is 2.34. The van der Waals surface area contributed by atoms with Crippen molar-refractivity contribution < 1.29 is 19.1 Å². The minimum atomic E-state index is -0.458. The minimum Gasteiger partial charge on any atom is -0.465 e. The Morgan fingerprint density at radius 1 is 1.24 bits per heavy atom. The largest absolute Gasteiger partial charge is 0.465 e. The third kappa shape index (κ3) is 5.16. The summed E-state index contributed by atoms with van der Waals surface area (Å²) in [7, 11) is 4.20. The molecule has 1 aromatic heterocycles. The van der Waals surface area contributed by atoms with Crippen molar-refractivity contribution in [1.82, 2.24) is 20.2 Å². The van der Waals surface area contributed by atoms with Gasteiger partial charge in [0, 0.05) is 19.8 Å². The standard InChI is InChI=1S/C24H34N6O4/c1-14(2)18-8-16(9-19(18)15(3)29(4)5)10-25-7-6-17-12-30(24(32)34-17)20-11-26-23-22(27-20)28-21(31)13-33-23/h11,16-17,25H,6-10,12-13H2,1-5H3,(H,27,28,31)/b19-15-. The van der Waals surface area contributed by atoms with Crippen LogP contribution in [-0.4, -0.2) is 73.3 Å². The number of aromatic nitrogens is 2. The number of nitrogens with one attached hydrogen (secondary N) is 2. The van der Waals surface area contributed by atoms with E-state index in [9.17, 15) is 9.59 Å². The van der Waals surface area contributed by atoms with Gasteiger partial charge in [-0.2, -0.15) is 0 Å². The van der Waals surface area contributed by atoms with Crippen molar-refractivity contribution in [2.45, 2.75) is 46.1 Å². The smallest absolute Gasteiger partial charge is 0.415 e. The molecule has 0 radical (unpaired) electrons. The molecular formula is C24H34N6O4. The zero-order valence-electron chi connectivity index (χ0n) is 20.6. The molecule has 3 aliphatic rings. The molecule has 2 N–H and O–H groups in total.